The van der Waals surface area contributed by atoms with Gasteiger partial charge in [-0.1, -0.05) is 45.0 Å². The van der Waals surface area contributed by atoms with Gasteiger partial charge in [-0.25, -0.2) is 0 Å². The number of nitrogens with two attached hydrogens (primary N) is 1. The zero-order chi connectivity index (χ0) is 15.6. The van der Waals surface area contributed by atoms with E-state index >= 15 is 0 Å². The molecule has 114 valence electrons. The summed E-state index contributed by atoms with van der Waals surface area (Å²) in [6.07, 6.45) is 0.806. The molecule has 0 aliphatic rings. The van der Waals surface area contributed by atoms with Gasteiger partial charge in [-0.3, -0.25) is 0 Å². The maximum absolute atomic E-state index is 6.00. The number of benzene rings is 1. The van der Waals surface area contributed by atoms with Gasteiger partial charge in [-0.05, 0) is 29.0 Å². The Kier molecular flexibility index (Phi) is 4.26. The van der Waals surface area contributed by atoms with E-state index in [1.165, 1.54) is 0 Å². The lowest BCUT2D eigenvalue weighted by Gasteiger charge is -2.26. The zero-order valence-corrected chi connectivity index (χ0v) is 13.4. The van der Waals surface area contributed by atoms with E-state index in [1.54, 1.807) is 7.11 Å². The first-order valence-electron chi connectivity index (χ1n) is 7.21. The molecule has 21 heavy (non-hydrogen) atoms. The van der Waals surface area contributed by atoms with Crippen LogP contribution in [0.15, 0.2) is 28.8 Å². The van der Waals surface area contributed by atoms with Gasteiger partial charge >= 0.3 is 0 Å². The van der Waals surface area contributed by atoms with E-state index in [1.807, 2.05) is 24.3 Å². The van der Waals surface area contributed by atoms with Gasteiger partial charge in [0, 0.05) is 6.42 Å². The molecule has 0 bridgehead atoms. The predicted octanol–water partition coefficient (Wildman–Crippen LogP) is 4.16. The summed E-state index contributed by atoms with van der Waals surface area (Å²) in [6, 6.07) is 7.80. The quantitative estimate of drug-likeness (QED) is 0.917. The van der Waals surface area contributed by atoms with Crippen LogP contribution in [-0.2, 0) is 6.42 Å². The Balaban J connectivity index is 2.38. The van der Waals surface area contributed by atoms with Gasteiger partial charge < -0.3 is 15.0 Å². The Labute approximate surface area is 126 Å². The van der Waals surface area contributed by atoms with E-state index < -0.39 is 0 Å². The highest BCUT2D eigenvalue weighted by Gasteiger charge is 2.25. The number of nitrogens with zero attached hydrogens (tertiary/aromatic N) is 1. The molecule has 0 amide bonds. The van der Waals surface area contributed by atoms with Crippen molar-refractivity contribution in [3.63, 3.8) is 0 Å². The van der Waals surface area contributed by atoms with Crippen molar-refractivity contribution in [3.8, 4) is 16.9 Å². The number of methoxy groups -OCH3 is 1. The molecule has 0 radical (unpaired) electrons. The van der Waals surface area contributed by atoms with Crippen LogP contribution in [0.1, 0.15) is 33.5 Å². The summed E-state index contributed by atoms with van der Waals surface area (Å²) in [5.74, 6) is 2.51. The fourth-order valence-corrected chi connectivity index (χ4v) is 2.15. The van der Waals surface area contributed by atoms with Crippen LogP contribution >= 0.6 is 0 Å². The Hall–Kier alpha value is -1.97. The number of aromatic nitrogens is 1. The van der Waals surface area contributed by atoms with E-state index in [0.29, 0.717) is 11.7 Å². The molecular formula is C17H24N2O2. The first-order chi connectivity index (χ1) is 9.82. The second-order valence-corrected chi connectivity index (χ2v) is 6.57. The number of anilines is 1. The third kappa shape index (κ3) is 3.38. The summed E-state index contributed by atoms with van der Waals surface area (Å²) < 4.78 is 10.7. The topological polar surface area (TPSA) is 61.3 Å². The third-order valence-electron chi connectivity index (χ3n) is 4.12. The normalized spacial score (nSPS) is 13.2. The van der Waals surface area contributed by atoms with Gasteiger partial charge in [0.25, 0.3) is 0 Å². The highest BCUT2D eigenvalue weighted by Crippen LogP contribution is 2.36. The number of ether oxygens (including phenoxy) is 1. The largest absolute Gasteiger partial charge is 0.497 e. The summed E-state index contributed by atoms with van der Waals surface area (Å²) in [4.78, 5) is 0. The molecule has 2 N–H and O–H groups in total. The minimum atomic E-state index is 0.202. The van der Waals surface area contributed by atoms with Crippen molar-refractivity contribution in [2.75, 3.05) is 12.8 Å². The smallest absolute Gasteiger partial charge is 0.175 e. The second kappa shape index (κ2) is 5.80. The van der Waals surface area contributed by atoms with Gasteiger partial charge in [-0.15, -0.1) is 0 Å². The second-order valence-electron chi connectivity index (χ2n) is 6.57. The van der Waals surface area contributed by atoms with Crippen molar-refractivity contribution >= 4 is 5.82 Å². The van der Waals surface area contributed by atoms with Gasteiger partial charge in [0.1, 0.15) is 11.5 Å². The average molecular weight is 288 g/mol. The van der Waals surface area contributed by atoms with Crippen molar-refractivity contribution in [1.82, 2.24) is 5.16 Å². The van der Waals surface area contributed by atoms with Crippen molar-refractivity contribution in [2.45, 2.75) is 34.1 Å². The SMILES string of the molecule is COc1cccc(-c2c(N)noc2CC(C)C(C)(C)C)c1. The lowest BCUT2D eigenvalue weighted by Crippen LogP contribution is -2.19. The number of nitrogen functional groups attached to an aromatic ring is 1. The first-order valence-corrected chi connectivity index (χ1v) is 7.21. The summed E-state index contributed by atoms with van der Waals surface area (Å²) in [6.45, 7) is 8.89. The Morgan fingerprint density at radius 1 is 1.33 bits per heavy atom. The first kappa shape index (κ1) is 15.4. The van der Waals surface area contributed by atoms with Crippen molar-refractivity contribution in [3.05, 3.63) is 30.0 Å². The van der Waals surface area contributed by atoms with Crippen LogP contribution in [0.3, 0.4) is 0 Å². The molecule has 0 fully saturated rings. The lowest BCUT2D eigenvalue weighted by molar-refractivity contribution is 0.240. The number of rotatable bonds is 4. The van der Waals surface area contributed by atoms with Crippen molar-refractivity contribution in [1.29, 1.82) is 0 Å². The standard InChI is InChI=1S/C17H24N2O2/c1-11(17(2,3)4)9-14-15(16(18)19-21-14)12-7-6-8-13(10-12)20-5/h6-8,10-11H,9H2,1-5H3,(H2,18,19). The third-order valence-corrected chi connectivity index (χ3v) is 4.12. The van der Waals surface area contributed by atoms with E-state index in [2.05, 4.69) is 32.9 Å². The predicted molar refractivity (Wildman–Crippen MR) is 85.2 cm³/mol. The molecule has 0 saturated heterocycles. The van der Waals surface area contributed by atoms with Gasteiger partial charge in [0.05, 0.1) is 12.7 Å². The van der Waals surface area contributed by atoms with Crippen LogP contribution < -0.4 is 10.5 Å². The van der Waals surface area contributed by atoms with Gasteiger partial charge in [-0.2, -0.15) is 0 Å². The summed E-state index contributed by atoms with van der Waals surface area (Å²) in [5, 5.41) is 3.95. The average Bonchev–Trinajstić information content (AvgIpc) is 2.78. The Bertz CT molecular complexity index is 611. The van der Waals surface area contributed by atoms with E-state index in [4.69, 9.17) is 15.0 Å². The van der Waals surface area contributed by atoms with Gasteiger partial charge in [0.15, 0.2) is 5.82 Å². The lowest BCUT2D eigenvalue weighted by atomic mass is 9.79. The number of hydrogen-bond acceptors (Lipinski definition) is 4. The molecule has 1 unspecified atom stereocenters. The molecule has 2 aromatic rings. The minimum Gasteiger partial charge on any atom is -0.497 e. The highest BCUT2D eigenvalue weighted by atomic mass is 16.5. The van der Waals surface area contributed by atoms with Crippen LogP contribution in [0, 0.1) is 11.3 Å². The molecule has 1 aromatic carbocycles. The van der Waals surface area contributed by atoms with Crippen LogP contribution in [0.4, 0.5) is 5.82 Å². The maximum Gasteiger partial charge on any atom is 0.175 e. The molecule has 0 aliphatic heterocycles. The number of hydrogen-bond donors (Lipinski definition) is 1. The molecule has 1 atom stereocenters. The molecule has 1 aromatic heterocycles. The van der Waals surface area contributed by atoms with E-state index in [0.717, 1.165) is 29.1 Å². The Morgan fingerprint density at radius 2 is 2.05 bits per heavy atom. The van der Waals surface area contributed by atoms with Crippen molar-refractivity contribution < 1.29 is 9.26 Å². The monoisotopic (exact) mass is 288 g/mol. The fraction of sp³-hybridized carbons (Fsp3) is 0.471. The minimum absolute atomic E-state index is 0.202. The van der Waals surface area contributed by atoms with Crippen LogP contribution in [0.2, 0.25) is 0 Å². The molecule has 4 heteroatoms. The van der Waals surface area contributed by atoms with E-state index in [9.17, 15) is 0 Å². The molecular weight excluding hydrogens is 264 g/mol. The van der Waals surface area contributed by atoms with Crippen LogP contribution in [-0.4, -0.2) is 12.3 Å². The molecule has 1 heterocycles. The summed E-state index contributed by atoms with van der Waals surface area (Å²) >= 11 is 0. The summed E-state index contributed by atoms with van der Waals surface area (Å²) in [7, 11) is 1.65. The Morgan fingerprint density at radius 3 is 2.67 bits per heavy atom. The summed E-state index contributed by atoms with van der Waals surface area (Å²) in [5.41, 5.74) is 8.06. The molecule has 4 nitrogen and oxygen atoms in total. The zero-order valence-electron chi connectivity index (χ0n) is 13.4. The van der Waals surface area contributed by atoms with Gasteiger partial charge in [0.2, 0.25) is 0 Å². The maximum atomic E-state index is 6.00. The molecule has 2 rings (SSSR count). The van der Waals surface area contributed by atoms with Crippen molar-refractivity contribution in [2.24, 2.45) is 11.3 Å². The highest BCUT2D eigenvalue weighted by molar-refractivity contribution is 5.76. The van der Waals surface area contributed by atoms with Crippen LogP contribution in [0.25, 0.3) is 11.1 Å². The van der Waals surface area contributed by atoms with Crippen LogP contribution in [0.5, 0.6) is 5.75 Å². The molecule has 0 spiro atoms. The molecule has 0 saturated carbocycles. The molecule has 0 aliphatic carbocycles. The fourth-order valence-electron chi connectivity index (χ4n) is 2.15. The van der Waals surface area contributed by atoms with E-state index in [-0.39, 0.29) is 5.41 Å².